The van der Waals surface area contributed by atoms with Gasteiger partial charge in [-0.25, -0.2) is 4.79 Å². The molecule has 0 aliphatic rings. The number of carbonyl (C=O) groups is 2. The van der Waals surface area contributed by atoms with Crippen LogP contribution >= 0.6 is 0 Å². The third-order valence-electron chi connectivity index (χ3n) is 1.85. The van der Waals surface area contributed by atoms with Gasteiger partial charge >= 0.3 is 12.1 Å². The van der Waals surface area contributed by atoms with Crippen LogP contribution in [0.15, 0.2) is 0 Å². The molecule has 0 spiro atoms. The van der Waals surface area contributed by atoms with Gasteiger partial charge in [0.25, 0.3) is 0 Å². The highest BCUT2D eigenvalue weighted by Crippen LogP contribution is 2.27. The van der Waals surface area contributed by atoms with Crippen LogP contribution in [0.3, 0.4) is 0 Å². The van der Waals surface area contributed by atoms with E-state index in [1.54, 1.807) is 0 Å². The van der Waals surface area contributed by atoms with E-state index in [-0.39, 0.29) is 0 Å². The maximum absolute atomic E-state index is 12.2. The van der Waals surface area contributed by atoms with Crippen LogP contribution in [0.1, 0.15) is 6.92 Å². The Bertz CT molecular complexity index is 290. The number of carboxylic acid groups (broad SMARTS) is 1. The molecule has 0 saturated heterocycles. The van der Waals surface area contributed by atoms with Crippen molar-refractivity contribution >= 4 is 11.9 Å². The monoisotopic (exact) mass is 244 g/mol. The van der Waals surface area contributed by atoms with Crippen LogP contribution in [0, 0.1) is 0 Å². The van der Waals surface area contributed by atoms with E-state index in [0.717, 1.165) is 0 Å². The Hall–Kier alpha value is -1.35. The summed E-state index contributed by atoms with van der Waals surface area (Å²) in [5, 5.41) is 18.4. The molecule has 0 rings (SSSR count). The smallest absolute Gasteiger partial charge is 0.415 e. The summed E-state index contributed by atoms with van der Waals surface area (Å²) in [5.74, 6) is -3.38. The molecule has 0 fully saturated rings. The quantitative estimate of drug-likeness (QED) is 0.497. The molecule has 0 aromatic rings. The molecule has 16 heavy (non-hydrogen) atoms. The fourth-order valence-electron chi connectivity index (χ4n) is 0.622. The van der Waals surface area contributed by atoms with Crippen molar-refractivity contribution in [1.82, 2.24) is 5.32 Å². The molecule has 2 atom stereocenters. The van der Waals surface area contributed by atoms with Crippen molar-refractivity contribution in [2.45, 2.75) is 24.7 Å². The van der Waals surface area contributed by atoms with Crippen molar-refractivity contribution in [3.63, 3.8) is 0 Å². The second kappa shape index (κ2) is 4.66. The number of aliphatic hydroxyl groups is 1. The van der Waals surface area contributed by atoms with Crippen LogP contribution in [0.2, 0.25) is 0 Å². The first-order valence-corrected chi connectivity index (χ1v) is 4.04. The Morgan fingerprint density at radius 2 is 1.88 bits per heavy atom. The summed E-state index contributed by atoms with van der Waals surface area (Å²) in [6, 6.07) is -1.82. The van der Waals surface area contributed by atoms with Crippen LogP contribution in [0.25, 0.3) is 0 Å². The van der Waals surface area contributed by atoms with Crippen molar-refractivity contribution in [2.24, 2.45) is 5.73 Å². The summed E-state index contributed by atoms with van der Waals surface area (Å²) in [5.41, 5.74) is 1.52. The average Bonchev–Trinajstić information content (AvgIpc) is 2.11. The number of amides is 1. The van der Waals surface area contributed by atoms with Crippen LogP contribution < -0.4 is 11.1 Å². The number of carbonyl (C=O) groups excluding carboxylic acids is 1. The van der Waals surface area contributed by atoms with Gasteiger partial charge in [0.2, 0.25) is 5.91 Å². The fraction of sp³-hybridized carbons (Fsp3) is 0.714. The molecule has 9 heteroatoms. The second-order valence-electron chi connectivity index (χ2n) is 3.25. The van der Waals surface area contributed by atoms with Crippen molar-refractivity contribution in [3.8, 4) is 0 Å². The molecule has 94 valence electrons. The molecule has 0 saturated carbocycles. The largest absolute Gasteiger partial charge is 0.480 e. The summed E-state index contributed by atoms with van der Waals surface area (Å²) in [7, 11) is 0. The van der Waals surface area contributed by atoms with E-state index in [2.05, 4.69) is 0 Å². The average molecular weight is 244 g/mol. The van der Waals surface area contributed by atoms with E-state index < -0.39 is 36.2 Å². The van der Waals surface area contributed by atoms with Gasteiger partial charge in [-0.15, -0.1) is 0 Å². The lowest BCUT2D eigenvalue weighted by Crippen LogP contribution is -2.63. The first-order chi connectivity index (χ1) is 7.04. The number of aliphatic carboxylic acids is 1. The molecule has 0 heterocycles. The summed E-state index contributed by atoms with van der Waals surface area (Å²) in [6.45, 7) is -0.631. The first kappa shape index (κ1) is 14.6. The van der Waals surface area contributed by atoms with E-state index in [9.17, 15) is 22.8 Å². The minimum absolute atomic E-state index is 0.401. The Kier molecular flexibility index (Phi) is 4.27. The van der Waals surface area contributed by atoms with Gasteiger partial charge in [-0.1, -0.05) is 0 Å². The predicted octanol–water partition coefficient (Wildman–Crippen LogP) is -1.17. The molecule has 0 aliphatic heterocycles. The first-order valence-electron chi connectivity index (χ1n) is 4.04. The number of rotatable bonds is 4. The lowest BCUT2D eigenvalue weighted by molar-refractivity contribution is -0.188. The highest BCUT2D eigenvalue weighted by Gasteiger charge is 2.54. The van der Waals surface area contributed by atoms with Crippen LogP contribution in [0.4, 0.5) is 13.2 Å². The summed E-state index contributed by atoms with van der Waals surface area (Å²) < 4.78 is 36.7. The van der Waals surface area contributed by atoms with E-state index in [4.69, 9.17) is 15.9 Å². The molecule has 0 bridgehead atoms. The Morgan fingerprint density at radius 3 is 2.12 bits per heavy atom. The zero-order valence-electron chi connectivity index (χ0n) is 8.21. The van der Waals surface area contributed by atoms with Gasteiger partial charge in [-0.3, -0.25) is 4.79 Å². The number of aliphatic hydroxyl groups excluding tert-OH is 1. The molecule has 1 unspecified atom stereocenters. The Morgan fingerprint density at radius 1 is 1.44 bits per heavy atom. The maximum Gasteiger partial charge on any atom is 0.415 e. The number of nitrogens with one attached hydrogen (secondary N) is 1. The summed E-state index contributed by atoms with van der Waals surface area (Å²) >= 11 is 0. The lowest BCUT2D eigenvalue weighted by atomic mass is 10.0. The predicted molar refractivity (Wildman–Crippen MR) is 45.3 cm³/mol. The van der Waals surface area contributed by atoms with Gasteiger partial charge in [0.05, 0.1) is 6.61 Å². The molecule has 0 aliphatic carbocycles. The Labute approximate surface area is 88.2 Å². The third-order valence-corrected chi connectivity index (χ3v) is 1.85. The number of carboxylic acids is 1. The SMILES string of the molecule is CC(N)(C(=O)N[C@H](CO)C(=O)O)C(F)(F)F. The van der Waals surface area contributed by atoms with Crippen molar-refractivity contribution in [2.75, 3.05) is 6.61 Å². The van der Waals surface area contributed by atoms with E-state index >= 15 is 0 Å². The van der Waals surface area contributed by atoms with Crippen LogP contribution in [-0.4, -0.2) is 46.5 Å². The molecular weight excluding hydrogens is 233 g/mol. The van der Waals surface area contributed by atoms with Gasteiger partial charge in [-0.2, -0.15) is 13.2 Å². The minimum atomic E-state index is -5.02. The topological polar surface area (TPSA) is 113 Å². The van der Waals surface area contributed by atoms with Gasteiger partial charge < -0.3 is 21.3 Å². The lowest BCUT2D eigenvalue weighted by Gasteiger charge is -2.27. The van der Waals surface area contributed by atoms with E-state index in [0.29, 0.717) is 6.92 Å². The second-order valence-corrected chi connectivity index (χ2v) is 3.25. The molecule has 0 radical (unpaired) electrons. The number of alkyl halides is 3. The maximum atomic E-state index is 12.2. The fourth-order valence-corrected chi connectivity index (χ4v) is 0.622. The molecule has 1 amide bonds. The molecule has 6 nitrogen and oxygen atoms in total. The standard InChI is InChI=1S/C7H11F3N2O4/c1-6(11,7(8,9)10)5(16)12-3(2-13)4(14)15/h3,13H,2,11H2,1H3,(H,12,16)(H,14,15)/t3-,6?/m1/s1. The van der Waals surface area contributed by atoms with Crippen molar-refractivity contribution in [1.29, 1.82) is 0 Å². The Balaban J connectivity index is 4.76. The third kappa shape index (κ3) is 3.07. The number of hydrogen-bond donors (Lipinski definition) is 4. The van der Waals surface area contributed by atoms with Crippen LogP contribution in [-0.2, 0) is 9.59 Å². The van der Waals surface area contributed by atoms with Crippen molar-refractivity contribution in [3.05, 3.63) is 0 Å². The van der Waals surface area contributed by atoms with E-state index in [1.807, 2.05) is 0 Å². The van der Waals surface area contributed by atoms with Crippen molar-refractivity contribution < 1.29 is 33.0 Å². The minimum Gasteiger partial charge on any atom is -0.480 e. The normalized spacial score (nSPS) is 17.4. The van der Waals surface area contributed by atoms with Gasteiger partial charge in [0, 0.05) is 0 Å². The van der Waals surface area contributed by atoms with Gasteiger partial charge in [-0.05, 0) is 6.92 Å². The highest BCUT2D eigenvalue weighted by atomic mass is 19.4. The number of halogens is 3. The zero-order chi connectivity index (χ0) is 13.1. The number of hydrogen-bond acceptors (Lipinski definition) is 4. The molecule has 0 aromatic carbocycles. The van der Waals surface area contributed by atoms with E-state index in [1.165, 1.54) is 5.32 Å². The van der Waals surface area contributed by atoms with Crippen LogP contribution in [0.5, 0.6) is 0 Å². The molecule has 0 aromatic heterocycles. The highest BCUT2D eigenvalue weighted by molar-refractivity contribution is 5.90. The molecule has 5 N–H and O–H groups in total. The number of nitrogens with two attached hydrogens (primary N) is 1. The van der Waals surface area contributed by atoms with Gasteiger partial charge in [0.15, 0.2) is 5.54 Å². The molecular formula is C7H11F3N2O4. The summed E-state index contributed by atoms with van der Waals surface area (Å²) in [6.07, 6.45) is -5.02. The summed E-state index contributed by atoms with van der Waals surface area (Å²) in [4.78, 5) is 21.4. The van der Waals surface area contributed by atoms with Gasteiger partial charge in [0.1, 0.15) is 6.04 Å². The zero-order valence-corrected chi connectivity index (χ0v) is 8.21.